The predicted molar refractivity (Wildman–Crippen MR) is 64.6 cm³/mol. The summed E-state index contributed by atoms with van der Waals surface area (Å²) in [5, 5.41) is 7.51. The maximum Gasteiger partial charge on any atom is 0.214 e. The molecule has 0 spiro atoms. The topological polar surface area (TPSA) is 73.8 Å². The number of carbonyl (C=O) groups is 1. The van der Waals surface area contributed by atoms with Crippen molar-refractivity contribution >= 4 is 11.5 Å². The van der Waals surface area contributed by atoms with Crippen LogP contribution in [0.3, 0.4) is 0 Å². The molecule has 94 valence electrons. The van der Waals surface area contributed by atoms with E-state index >= 15 is 0 Å². The van der Waals surface area contributed by atoms with Gasteiger partial charge in [-0.2, -0.15) is 0 Å². The Bertz CT molecular complexity index is 579. The molecule has 0 saturated carbocycles. The smallest absolute Gasteiger partial charge is 0.214 e. The number of aryl methyl sites for hydroxylation is 1. The minimum Gasteiger partial charge on any atom is -0.396 e. The average molecular weight is 248 g/mol. The average Bonchev–Trinajstić information content (AvgIpc) is 2.80. The third kappa shape index (κ3) is 2.09. The second-order valence-electron chi connectivity index (χ2n) is 3.87. The lowest BCUT2D eigenvalue weighted by Crippen LogP contribution is -2.13. The van der Waals surface area contributed by atoms with Crippen LogP contribution in [-0.4, -0.2) is 20.8 Å². The van der Waals surface area contributed by atoms with E-state index < -0.39 is 5.82 Å². The fourth-order valence-electron chi connectivity index (χ4n) is 1.68. The third-order valence-electron chi connectivity index (χ3n) is 2.58. The van der Waals surface area contributed by atoms with Gasteiger partial charge in [0, 0.05) is 6.54 Å². The van der Waals surface area contributed by atoms with E-state index in [9.17, 15) is 9.18 Å². The number of ketones is 1. The second kappa shape index (κ2) is 4.95. The van der Waals surface area contributed by atoms with Crippen LogP contribution in [0.1, 0.15) is 29.4 Å². The van der Waals surface area contributed by atoms with Crippen LogP contribution in [0.15, 0.2) is 24.4 Å². The summed E-state index contributed by atoms with van der Waals surface area (Å²) >= 11 is 0. The predicted octanol–water partition coefficient (Wildman–Crippen LogP) is 1.64. The first kappa shape index (κ1) is 12.2. The normalized spacial score (nSPS) is 10.6. The first-order valence-electron chi connectivity index (χ1n) is 5.62. The second-order valence-corrected chi connectivity index (χ2v) is 3.87. The van der Waals surface area contributed by atoms with E-state index in [4.69, 9.17) is 5.73 Å². The van der Waals surface area contributed by atoms with Gasteiger partial charge in [0.25, 0.3) is 0 Å². The highest BCUT2D eigenvalue weighted by Gasteiger charge is 2.18. The molecule has 6 heteroatoms. The molecule has 0 aliphatic carbocycles. The molecule has 0 saturated heterocycles. The number of carbonyl (C=O) groups excluding carboxylic acids is 1. The summed E-state index contributed by atoms with van der Waals surface area (Å²) in [6.45, 7) is 2.54. The van der Waals surface area contributed by atoms with Crippen LogP contribution < -0.4 is 5.73 Å². The molecule has 5 nitrogen and oxygen atoms in total. The number of para-hydroxylation sites is 1. The van der Waals surface area contributed by atoms with E-state index in [1.807, 2.05) is 6.92 Å². The molecular formula is C12H13FN4O. The summed E-state index contributed by atoms with van der Waals surface area (Å²) in [6.07, 6.45) is 2.19. The Morgan fingerprint density at radius 1 is 1.50 bits per heavy atom. The quantitative estimate of drug-likeness (QED) is 0.659. The minimum absolute atomic E-state index is 0.134. The lowest BCUT2D eigenvalue weighted by molar-refractivity contribution is 0.102. The van der Waals surface area contributed by atoms with E-state index in [1.165, 1.54) is 29.1 Å². The lowest BCUT2D eigenvalue weighted by atomic mass is 10.1. The van der Waals surface area contributed by atoms with Crippen LogP contribution >= 0.6 is 0 Å². The molecule has 0 amide bonds. The SMILES string of the molecule is CCCn1nncc1C(=O)c1cccc(F)c1N. The molecule has 18 heavy (non-hydrogen) atoms. The molecule has 0 aliphatic rings. The van der Waals surface area contributed by atoms with Crippen LogP contribution in [0.4, 0.5) is 10.1 Å². The number of nitrogens with zero attached hydrogens (tertiary/aromatic N) is 3. The summed E-state index contributed by atoms with van der Waals surface area (Å²) in [4.78, 5) is 12.2. The van der Waals surface area contributed by atoms with Gasteiger partial charge in [-0.3, -0.25) is 4.79 Å². The van der Waals surface area contributed by atoms with Crippen molar-refractivity contribution in [2.24, 2.45) is 0 Å². The van der Waals surface area contributed by atoms with Crippen LogP contribution in [-0.2, 0) is 6.54 Å². The lowest BCUT2D eigenvalue weighted by Gasteiger charge is -2.06. The maximum absolute atomic E-state index is 13.3. The Morgan fingerprint density at radius 2 is 2.28 bits per heavy atom. The molecule has 2 rings (SSSR count). The van der Waals surface area contributed by atoms with Crippen molar-refractivity contribution in [1.82, 2.24) is 15.0 Å². The van der Waals surface area contributed by atoms with E-state index in [0.717, 1.165) is 6.42 Å². The Labute approximate surface area is 103 Å². The fraction of sp³-hybridized carbons (Fsp3) is 0.250. The van der Waals surface area contributed by atoms with Crippen molar-refractivity contribution in [2.45, 2.75) is 19.9 Å². The summed E-state index contributed by atoms with van der Waals surface area (Å²) in [6, 6.07) is 4.16. The molecule has 1 aromatic heterocycles. The summed E-state index contributed by atoms with van der Waals surface area (Å²) < 4.78 is 14.8. The molecule has 0 radical (unpaired) electrons. The van der Waals surface area contributed by atoms with Gasteiger partial charge in [0.2, 0.25) is 5.78 Å². The van der Waals surface area contributed by atoms with Gasteiger partial charge in [0.15, 0.2) is 0 Å². The van der Waals surface area contributed by atoms with Gasteiger partial charge < -0.3 is 5.73 Å². The zero-order chi connectivity index (χ0) is 13.1. The zero-order valence-electron chi connectivity index (χ0n) is 9.93. The molecule has 0 aliphatic heterocycles. The third-order valence-corrected chi connectivity index (χ3v) is 2.58. The summed E-state index contributed by atoms with van der Waals surface area (Å²) in [5.74, 6) is -0.971. The number of hydrogen-bond donors (Lipinski definition) is 1. The first-order valence-corrected chi connectivity index (χ1v) is 5.62. The Kier molecular flexibility index (Phi) is 3.36. The number of halogens is 1. The highest BCUT2D eigenvalue weighted by Crippen LogP contribution is 2.19. The highest BCUT2D eigenvalue weighted by molar-refractivity contribution is 6.10. The number of nitrogens with two attached hydrogens (primary N) is 1. The first-order chi connectivity index (χ1) is 8.65. The maximum atomic E-state index is 13.3. The number of aromatic nitrogens is 3. The number of hydrogen-bond acceptors (Lipinski definition) is 4. The molecule has 0 atom stereocenters. The Morgan fingerprint density at radius 3 is 3.00 bits per heavy atom. The summed E-state index contributed by atoms with van der Waals surface area (Å²) in [7, 11) is 0. The van der Waals surface area contributed by atoms with Crippen molar-refractivity contribution in [3.05, 3.63) is 41.5 Å². The molecule has 0 unspecified atom stereocenters. The van der Waals surface area contributed by atoms with Gasteiger partial charge in [-0.1, -0.05) is 18.2 Å². The van der Waals surface area contributed by atoms with E-state index in [-0.39, 0.29) is 17.0 Å². The summed E-state index contributed by atoms with van der Waals surface area (Å²) in [5.41, 5.74) is 5.87. The molecule has 1 heterocycles. The van der Waals surface area contributed by atoms with Gasteiger partial charge in [-0.25, -0.2) is 9.07 Å². The van der Waals surface area contributed by atoms with Crippen molar-refractivity contribution in [3.8, 4) is 0 Å². The van der Waals surface area contributed by atoms with Gasteiger partial charge in [0.05, 0.1) is 17.4 Å². The van der Waals surface area contributed by atoms with Crippen LogP contribution in [0.2, 0.25) is 0 Å². The van der Waals surface area contributed by atoms with Crippen molar-refractivity contribution in [3.63, 3.8) is 0 Å². The van der Waals surface area contributed by atoms with Crippen molar-refractivity contribution in [2.75, 3.05) is 5.73 Å². The molecule has 2 aromatic rings. The number of benzene rings is 1. The van der Waals surface area contributed by atoms with Gasteiger partial charge in [0.1, 0.15) is 11.5 Å². The largest absolute Gasteiger partial charge is 0.396 e. The van der Waals surface area contributed by atoms with Crippen LogP contribution in [0.25, 0.3) is 0 Å². The van der Waals surface area contributed by atoms with Gasteiger partial charge in [-0.05, 0) is 18.6 Å². The van der Waals surface area contributed by atoms with Gasteiger partial charge >= 0.3 is 0 Å². The van der Waals surface area contributed by atoms with Crippen molar-refractivity contribution in [1.29, 1.82) is 0 Å². The monoisotopic (exact) mass is 248 g/mol. The highest BCUT2D eigenvalue weighted by atomic mass is 19.1. The van der Waals surface area contributed by atoms with E-state index in [0.29, 0.717) is 12.2 Å². The Balaban J connectivity index is 2.42. The van der Waals surface area contributed by atoms with E-state index in [1.54, 1.807) is 0 Å². The molecule has 2 N–H and O–H groups in total. The Hall–Kier alpha value is -2.24. The molecule has 0 fully saturated rings. The standard InChI is InChI=1S/C12H13FN4O/c1-2-6-17-10(7-15-16-17)12(18)8-4-3-5-9(13)11(8)14/h3-5,7H,2,6,14H2,1H3. The van der Waals surface area contributed by atoms with Crippen LogP contribution in [0.5, 0.6) is 0 Å². The zero-order valence-corrected chi connectivity index (χ0v) is 9.93. The number of nitrogen functional groups attached to an aromatic ring is 1. The molecular weight excluding hydrogens is 235 g/mol. The fourth-order valence-corrected chi connectivity index (χ4v) is 1.68. The molecule has 1 aromatic carbocycles. The van der Waals surface area contributed by atoms with Crippen molar-refractivity contribution < 1.29 is 9.18 Å². The van der Waals surface area contributed by atoms with Crippen LogP contribution in [0, 0.1) is 5.82 Å². The van der Waals surface area contributed by atoms with Gasteiger partial charge in [-0.15, -0.1) is 5.10 Å². The minimum atomic E-state index is -0.602. The van der Waals surface area contributed by atoms with E-state index in [2.05, 4.69) is 10.3 Å². The molecule has 0 bridgehead atoms. The number of anilines is 1. The number of rotatable bonds is 4.